The van der Waals surface area contributed by atoms with Gasteiger partial charge in [0.25, 0.3) is 0 Å². The Balaban J connectivity index is 5.37. The normalized spacial score (nSPS) is 16.0. The zero-order valence-corrected chi connectivity index (χ0v) is 23.2. The van der Waals surface area contributed by atoms with E-state index in [1.54, 1.807) is 0 Å². The fourth-order valence-electron chi connectivity index (χ4n) is 1.59. The van der Waals surface area contributed by atoms with Crippen molar-refractivity contribution in [1.82, 2.24) is 0 Å². The van der Waals surface area contributed by atoms with Crippen LogP contribution in [0.4, 0.5) is 0 Å². The first-order valence-corrected chi connectivity index (χ1v) is 19.7. The van der Waals surface area contributed by atoms with Crippen LogP contribution in [0.5, 0.6) is 0 Å². The van der Waals surface area contributed by atoms with E-state index in [9.17, 15) is 0 Å². The summed E-state index contributed by atoms with van der Waals surface area (Å²) in [7, 11) is -3.03. The summed E-state index contributed by atoms with van der Waals surface area (Å²) >= 11 is 0.255. The van der Waals surface area contributed by atoms with Gasteiger partial charge in [-0.15, -0.1) is 0 Å². The molecule has 2 nitrogen and oxygen atoms in total. The summed E-state index contributed by atoms with van der Waals surface area (Å²) in [4.78, 5) is 0. The fourth-order valence-corrected chi connectivity index (χ4v) is 14.0. The van der Waals surface area contributed by atoms with Gasteiger partial charge < -0.3 is 0 Å². The molecule has 0 aliphatic rings. The van der Waals surface area contributed by atoms with Gasteiger partial charge in [0.2, 0.25) is 0 Å². The van der Waals surface area contributed by atoms with E-state index in [1.807, 2.05) is 0 Å². The first-order valence-electron chi connectivity index (χ1n) is 8.40. The fraction of sp³-hybridized carbons (Fsp3) is 0.882. The first-order chi connectivity index (χ1) is 9.92. The topological polar surface area (TPSA) is 18.5 Å². The molecule has 0 saturated carbocycles. The van der Waals surface area contributed by atoms with E-state index >= 15 is 0 Å². The van der Waals surface area contributed by atoms with E-state index in [0.717, 1.165) is 0 Å². The molecule has 0 fully saturated rings. The third-order valence-corrected chi connectivity index (χ3v) is 13.0. The molecule has 0 spiro atoms. The van der Waals surface area contributed by atoms with Crippen LogP contribution in [0, 0.1) is 10.8 Å². The van der Waals surface area contributed by atoms with Crippen molar-refractivity contribution in [2.45, 2.75) is 84.8 Å². The van der Waals surface area contributed by atoms with Gasteiger partial charge in [-0.2, -0.15) is 0 Å². The maximum atomic E-state index is 6.44. The summed E-state index contributed by atoms with van der Waals surface area (Å²) in [6.07, 6.45) is 0. The number of hydrogen-bond acceptors (Lipinski definition) is 2. The van der Waals surface area contributed by atoms with Crippen LogP contribution in [0.25, 0.3) is 0 Å². The van der Waals surface area contributed by atoms with Crippen molar-refractivity contribution < 1.29 is 8.85 Å². The van der Waals surface area contributed by atoms with E-state index < -0.39 is 16.6 Å². The molecule has 0 bridgehead atoms. The predicted molar refractivity (Wildman–Crippen MR) is 114 cm³/mol. The van der Waals surface area contributed by atoms with Crippen LogP contribution in [0.15, 0.2) is 0 Å². The van der Waals surface area contributed by atoms with Crippen LogP contribution in [0.3, 0.4) is 0 Å². The molecule has 0 N–H and O–H groups in total. The second-order valence-corrected chi connectivity index (χ2v) is 25.6. The van der Waals surface area contributed by atoms with Crippen molar-refractivity contribution in [2.24, 2.45) is 10.8 Å². The molecule has 136 valence electrons. The van der Waals surface area contributed by atoms with Gasteiger partial charge in [0.05, 0.1) is 0 Å². The van der Waals surface area contributed by atoms with Gasteiger partial charge in [0, 0.05) is 0 Å². The Morgan fingerprint density at radius 2 is 0.913 bits per heavy atom. The Hall–Kier alpha value is 1.21. The maximum absolute atomic E-state index is 6.44. The van der Waals surface area contributed by atoms with Crippen molar-refractivity contribution in [3.05, 3.63) is 0 Å². The van der Waals surface area contributed by atoms with Crippen LogP contribution in [0.2, 0.25) is 43.3 Å². The molecule has 0 aromatic carbocycles. The zero-order chi connectivity index (χ0) is 18.7. The minimum atomic E-state index is -1.52. The molecular weight excluding hydrogens is 442 g/mol. The zero-order valence-electron chi connectivity index (χ0n) is 17.4. The molecule has 0 aromatic rings. The van der Waals surface area contributed by atoms with Crippen molar-refractivity contribution >= 4 is 56.2 Å². The third-order valence-electron chi connectivity index (χ3n) is 2.52. The van der Waals surface area contributed by atoms with E-state index in [0.29, 0.717) is 0 Å². The second kappa shape index (κ2) is 8.73. The molecule has 0 rings (SSSR count). The standard InChI is InChI=1S/C17H38As2O2Si2/c1-16(2,3)14(20-22(7,8)9)18-13-19-15(17(4,5)6)21-23(10,11)12/h13H2,1-12H3. The van der Waals surface area contributed by atoms with Crippen LogP contribution in [-0.4, -0.2) is 56.2 Å². The van der Waals surface area contributed by atoms with Crippen molar-refractivity contribution in [3.63, 3.8) is 0 Å². The van der Waals surface area contributed by atoms with Crippen molar-refractivity contribution in [3.8, 4) is 0 Å². The van der Waals surface area contributed by atoms with Crippen molar-refractivity contribution in [1.29, 1.82) is 0 Å². The van der Waals surface area contributed by atoms with E-state index in [-0.39, 0.29) is 41.4 Å². The quantitative estimate of drug-likeness (QED) is 0.508. The SMILES string of the molecule is CC(C)(C)C(O[Si](C)(C)C)=[As]C[As]=C(O[Si](C)(C)C)C(C)(C)C. The average Bonchev–Trinajstić information content (AvgIpc) is 2.20. The summed E-state index contributed by atoms with van der Waals surface area (Å²) in [5, 5.41) is 0. The molecule has 0 unspecified atom stereocenters. The molecule has 6 heteroatoms. The summed E-state index contributed by atoms with van der Waals surface area (Å²) in [6, 6.07) is 0. The van der Waals surface area contributed by atoms with E-state index in [1.165, 1.54) is 13.0 Å². The average molecular weight is 481 g/mol. The summed E-state index contributed by atoms with van der Waals surface area (Å²) in [5.74, 6) is 0. The molecule has 0 atom stereocenters. The van der Waals surface area contributed by atoms with Crippen LogP contribution in [-0.2, 0) is 8.85 Å². The van der Waals surface area contributed by atoms with E-state index in [4.69, 9.17) is 8.85 Å². The van der Waals surface area contributed by atoms with Crippen molar-refractivity contribution in [2.75, 3.05) is 0 Å². The molecule has 0 aliphatic carbocycles. The van der Waals surface area contributed by atoms with Crippen LogP contribution < -0.4 is 0 Å². The first kappa shape index (κ1) is 24.2. The molecule has 0 radical (unpaired) electrons. The van der Waals surface area contributed by atoms with Gasteiger partial charge in [0.1, 0.15) is 0 Å². The Kier molecular flexibility index (Phi) is 9.19. The molecule has 0 aromatic heterocycles. The Labute approximate surface area is 160 Å². The van der Waals surface area contributed by atoms with E-state index in [2.05, 4.69) is 80.8 Å². The second-order valence-electron chi connectivity index (χ2n) is 10.00. The van der Waals surface area contributed by atoms with Crippen LogP contribution in [0.1, 0.15) is 41.5 Å². The minimum absolute atomic E-state index is 0.128. The van der Waals surface area contributed by atoms with Crippen LogP contribution >= 0.6 is 0 Å². The van der Waals surface area contributed by atoms with Gasteiger partial charge in [-0.25, -0.2) is 0 Å². The summed E-state index contributed by atoms with van der Waals surface area (Å²) in [5.41, 5.74) is 0.339. The monoisotopic (exact) mass is 480 g/mol. The Morgan fingerprint density at radius 1 is 0.652 bits per heavy atom. The summed E-state index contributed by atoms with van der Waals surface area (Å²) in [6.45, 7) is 27.5. The van der Waals surface area contributed by atoms with Gasteiger partial charge >= 0.3 is 161 Å². The predicted octanol–water partition coefficient (Wildman–Crippen LogP) is 4.83. The molecule has 0 aliphatic heterocycles. The Bertz CT molecular complexity index is 403. The summed E-state index contributed by atoms with van der Waals surface area (Å²) < 4.78 is 16.9. The Morgan fingerprint density at radius 3 is 1.09 bits per heavy atom. The molecule has 0 saturated heterocycles. The molecule has 23 heavy (non-hydrogen) atoms. The van der Waals surface area contributed by atoms with Gasteiger partial charge in [-0.1, -0.05) is 0 Å². The van der Waals surface area contributed by atoms with Gasteiger partial charge in [-0.05, 0) is 0 Å². The molecular formula is C17H38As2O2Si2. The number of hydrogen-bond donors (Lipinski definition) is 0. The number of rotatable bonds is 6. The van der Waals surface area contributed by atoms with Gasteiger partial charge in [-0.3, -0.25) is 0 Å². The molecule has 0 heterocycles. The van der Waals surface area contributed by atoms with Gasteiger partial charge in [0.15, 0.2) is 0 Å². The molecule has 0 amide bonds. The third kappa shape index (κ3) is 12.2.